The van der Waals surface area contributed by atoms with E-state index in [0.29, 0.717) is 17.5 Å². The third kappa shape index (κ3) is 3.02. The largest absolute Gasteiger partial charge is 0.477 e. The van der Waals surface area contributed by atoms with E-state index >= 15 is 0 Å². The average Bonchev–Trinajstić information content (AvgIpc) is 2.61. The Hall–Kier alpha value is -3.03. The number of nitrogens with zero attached hydrogens (tertiary/aromatic N) is 1. The lowest BCUT2D eigenvalue weighted by atomic mass is 10.1. The van der Waals surface area contributed by atoms with Crippen molar-refractivity contribution in [2.24, 2.45) is 0 Å². The maximum atomic E-state index is 13.6. The monoisotopic (exact) mass is 350 g/mol. The molecule has 0 saturated carbocycles. The van der Waals surface area contributed by atoms with Crippen LogP contribution in [-0.2, 0) is 4.79 Å². The summed E-state index contributed by atoms with van der Waals surface area (Å²) in [6.07, 6.45) is -1.02. The molecular formula is C17H13F3N2O3. The Morgan fingerprint density at radius 2 is 1.88 bits per heavy atom. The predicted molar refractivity (Wildman–Crippen MR) is 82.9 cm³/mol. The number of halogens is 3. The number of amides is 2. The quantitative estimate of drug-likeness (QED) is 0.864. The zero-order chi connectivity index (χ0) is 18.1. The van der Waals surface area contributed by atoms with Crippen LogP contribution in [0.2, 0.25) is 0 Å². The number of benzene rings is 2. The lowest BCUT2D eigenvalue weighted by Gasteiger charge is -2.31. The standard InChI is InChI=1S/C17H13F3N2O3/c1-22-11-4-2-3-5-12(11)25-13(17(22)24)8-21-16(23)9-6-7-10(18)15(20)14(9)19/h2-7,13H,8H2,1H3,(H,21,23). The first kappa shape index (κ1) is 16.8. The van der Waals surface area contributed by atoms with Crippen molar-refractivity contribution in [3.63, 3.8) is 0 Å². The van der Waals surface area contributed by atoms with Gasteiger partial charge in [0, 0.05) is 7.05 Å². The number of ether oxygens (including phenoxy) is 1. The minimum atomic E-state index is -1.73. The van der Waals surface area contributed by atoms with E-state index in [-0.39, 0.29) is 6.54 Å². The third-order valence-corrected chi connectivity index (χ3v) is 3.83. The van der Waals surface area contributed by atoms with Crippen LogP contribution in [-0.4, -0.2) is 31.5 Å². The van der Waals surface area contributed by atoms with Crippen LogP contribution < -0.4 is 15.0 Å². The highest BCUT2D eigenvalue weighted by atomic mass is 19.2. The van der Waals surface area contributed by atoms with Gasteiger partial charge < -0.3 is 15.0 Å². The Balaban J connectivity index is 1.73. The molecule has 0 aliphatic carbocycles. The number of para-hydroxylation sites is 2. The number of carbonyl (C=O) groups excluding carboxylic acids is 2. The summed E-state index contributed by atoms with van der Waals surface area (Å²) in [6.45, 7) is -0.255. The van der Waals surface area contributed by atoms with E-state index in [1.165, 1.54) is 4.90 Å². The fourth-order valence-corrected chi connectivity index (χ4v) is 2.48. The second-order valence-electron chi connectivity index (χ2n) is 5.40. The second-order valence-corrected chi connectivity index (χ2v) is 5.40. The summed E-state index contributed by atoms with van der Waals surface area (Å²) in [5.41, 5.74) is -0.0716. The fourth-order valence-electron chi connectivity index (χ4n) is 2.48. The highest BCUT2D eigenvalue weighted by Gasteiger charge is 2.32. The van der Waals surface area contributed by atoms with Crippen LogP contribution in [0.15, 0.2) is 36.4 Å². The van der Waals surface area contributed by atoms with Crippen LogP contribution in [0.3, 0.4) is 0 Å². The van der Waals surface area contributed by atoms with Gasteiger partial charge in [0.1, 0.15) is 5.75 Å². The Morgan fingerprint density at radius 1 is 1.16 bits per heavy atom. The molecule has 1 heterocycles. The molecule has 0 fully saturated rings. The molecule has 1 atom stereocenters. The maximum Gasteiger partial charge on any atom is 0.269 e. The normalized spacial score (nSPS) is 16.2. The average molecular weight is 350 g/mol. The number of anilines is 1. The molecule has 2 aromatic rings. The number of hydrogen-bond donors (Lipinski definition) is 1. The van der Waals surface area contributed by atoms with Crippen molar-refractivity contribution in [2.75, 3.05) is 18.5 Å². The number of rotatable bonds is 3. The number of carbonyl (C=O) groups is 2. The molecule has 2 amide bonds. The predicted octanol–water partition coefficient (Wildman–Crippen LogP) is 2.26. The summed E-state index contributed by atoms with van der Waals surface area (Å²) in [5, 5.41) is 2.30. The van der Waals surface area contributed by atoms with E-state index in [4.69, 9.17) is 4.74 Å². The van der Waals surface area contributed by atoms with Gasteiger partial charge in [-0.1, -0.05) is 12.1 Å². The first-order chi connectivity index (χ1) is 11.9. The second kappa shape index (κ2) is 6.46. The number of hydrogen-bond acceptors (Lipinski definition) is 3. The van der Waals surface area contributed by atoms with Gasteiger partial charge in [0.15, 0.2) is 23.6 Å². The van der Waals surface area contributed by atoms with Gasteiger partial charge in [-0.2, -0.15) is 0 Å². The van der Waals surface area contributed by atoms with Crippen LogP contribution in [0.25, 0.3) is 0 Å². The molecule has 5 nitrogen and oxygen atoms in total. The maximum absolute atomic E-state index is 13.6. The fraction of sp³-hybridized carbons (Fsp3) is 0.176. The molecule has 1 aliphatic rings. The lowest BCUT2D eigenvalue weighted by Crippen LogP contribution is -2.49. The van der Waals surface area contributed by atoms with Crippen molar-refractivity contribution in [1.29, 1.82) is 0 Å². The minimum Gasteiger partial charge on any atom is -0.477 e. The minimum absolute atomic E-state index is 0.255. The summed E-state index contributed by atoms with van der Waals surface area (Å²) in [6, 6.07) is 8.34. The highest BCUT2D eigenvalue weighted by Crippen LogP contribution is 2.32. The molecule has 0 radical (unpaired) electrons. The number of fused-ring (bicyclic) bond motifs is 1. The van der Waals surface area contributed by atoms with E-state index in [9.17, 15) is 22.8 Å². The summed E-state index contributed by atoms with van der Waals surface area (Å²) < 4.78 is 45.3. The van der Waals surface area contributed by atoms with Crippen molar-refractivity contribution >= 4 is 17.5 Å². The van der Waals surface area contributed by atoms with Crippen molar-refractivity contribution in [3.8, 4) is 5.75 Å². The molecule has 0 aromatic heterocycles. The molecule has 1 N–H and O–H groups in total. The first-order valence-electron chi connectivity index (χ1n) is 7.35. The molecule has 130 valence electrons. The molecule has 0 saturated heterocycles. The topological polar surface area (TPSA) is 58.6 Å². The molecule has 2 aromatic carbocycles. The smallest absolute Gasteiger partial charge is 0.269 e. The van der Waals surface area contributed by atoms with Crippen LogP contribution in [0.1, 0.15) is 10.4 Å². The van der Waals surface area contributed by atoms with Crippen LogP contribution in [0.5, 0.6) is 5.75 Å². The van der Waals surface area contributed by atoms with Gasteiger partial charge in [0.2, 0.25) is 0 Å². The third-order valence-electron chi connectivity index (χ3n) is 3.83. The van der Waals surface area contributed by atoms with Crippen molar-refractivity contribution < 1.29 is 27.5 Å². The molecule has 0 spiro atoms. The number of likely N-dealkylation sites (N-methyl/N-ethyl adjacent to an activating group) is 1. The molecule has 1 unspecified atom stereocenters. The van der Waals surface area contributed by atoms with E-state index in [2.05, 4.69) is 5.32 Å². The first-order valence-corrected chi connectivity index (χ1v) is 7.35. The zero-order valence-corrected chi connectivity index (χ0v) is 13.1. The SMILES string of the molecule is CN1C(=O)C(CNC(=O)c2ccc(F)c(F)c2F)Oc2ccccc21. The van der Waals surface area contributed by atoms with E-state index in [0.717, 1.165) is 6.07 Å². The van der Waals surface area contributed by atoms with Crippen LogP contribution >= 0.6 is 0 Å². The molecule has 3 rings (SSSR count). The molecular weight excluding hydrogens is 337 g/mol. The van der Waals surface area contributed by atoms with Gasteiger partial charge in [0.25, 0.3) is 11.8 Å². The summed E-state index contributed by atoms with van der Waals surface area (Å²) in [7, 11) is 1.56. The van der Waals surface area contributed by atoms with E-state index < -0.39 is 40.9 Å². The van der Waals surface area contributed by atoms with Crippen molar-refractivity contribution in [2.45, 2.75) is 6.10 Å². The van der Waals surface area contributed by atoms with Crippen molar-refractivity contribution in [1.82, 2.24) is 5.32 Å². The van der Waals surface area contributed by atoms with Gasteiger partial charge in [-0.3, -0.25) is 9.59 Å². The molecule has 8 heteroatoms. The van der Waals surface area contributed by atoms with Gasteiger partial charge in [0.05, 0.1) is 17.8 Å². The Kier molecular flexibility index (Phi) is 4.35. The lowest BCUT2D eigenvalue weighted by molar-refractivity contribution is -0.125. The molecule has 25 heavy (non-hydrogen) atoms. The molecule has 1 aliphatic heterocycles. The van der Waals surface area contributed by atoms with Gasteiger partial charge >= 0.3 is 0 Å². The summed E-state index contributed by atoms with van der Waals surface area (Å²) in [5.74, 6) is -5.62. The van der Waals surface area contributed by atoms with E-state index in [1.807, 2.05) is 0 Å². The van der Waals surface area contributed by atoms with Gasteiger partial charge in [-0.25, -0.2) is 13.2 Å². The van der Waals surface area contributed by atoms with Crippen LogP contribution in [0, 0.1) is 17.5 Å². The van der Waals surface area contributed by atoms with Gasteiger partial charge in [-0.15, -0.1) is 0 Å². The summed E-state index contributed by atoms with van der Waals surface area (Å²) in [4.78, 5) is 25.6. The van der Waals surface area contributed by atoms with E-state index in [1.54, 1.807) is 31.3 Å². The van der Waals surface area contributed by atoms with Crippen LogP contribution in [0.4, 0.5) is 18.9 Å². The number of nitrogens with one attached hydrogen (secondary N) is 1. The zero-order valence-electron chi connectivity index (χ0n) is 13.1. The summed E-state index contributed by atoms with van der Waals surface area (Å²) >= 11 is 0. The molecule has 0 bridgehead atoms. The Morgan fingerprint density at radius 3 is 2.64 bits per heavy atom. The van der Waals surface area contributed by atoms with Crippen molar-refractivity contribution in [3.05, 3.63) is 59.4 Å². The highest BCUT2D eigenvalue weighted by molar-refractivity contribution is 6.00. The Labute approximate surface area is 141 Å². The van der Waals surface area contributed by atoms with Gasteiger partial charge in [-0.05, 0) is 24.3 Å². The Bertz CT molecular complexity index is 857.